The van der Waals surface area contributed by atoms with Gasteiger partial charge in [-0.05, 0) is 31.2 Å². The minimum atomic E-state index is -0.911. The van der Waals surface area contributed by atoms with Crippen molar-refractivity contribution in [3.8, 4) is 0 Å². The molecule has 0 aliphatic heterocycles. The number of aliphatic hydroxyl groups excluding tert-OH is 1. The molecule has 4 nitrogen and oxygen atoms in total. The quantitative estimate of drug-likeness (QED) is 0.724. The normalized spacial score (nSPS) is 22.4. The van der Waals surface area contributed by atoms with Crippen LogP contribution >= 0.6 is 11.8 Å². The second kappa shape index (κ2) is 6.30. The Bertz CT molecular complexity index is 464. The minimum absolute atomic E-state index is 0.155. The van der Waals surface area contributed by atoms with Gasteiger partial charge in [-0.15, -0.1) is 11.8 Å². The molecule has 2 rings (SSSR count). The Morgan fingerprint density at radius 2 is 2.26 bits per heavy atom. The summed E-state index contributed by atoms with van der Waals surface area (Å²) in [5.41, 5.74) is 0.989. The third kappa shape index (κ3) is 3.04. The Hall–Kier alpha value is -1.20. The third-order valence-corrected chi connectivity index (χ3v) is 4.47. The molecule has 0 bridgehead atoms. The highest BCUT2D eigenvalue weighted by molar-refractivity contribution is 7.98. The molecule has 0 amide bonds. The molecule has 0 radical (unpaired) electrons. The highest BCUT2D eigenvalue weighted by Crippen LogP contribution is 2.32. The van der Waals surface area contributed by atoms with E-state index < -0.39 is 5.97 Å². The molecule has 5 heteroatoms. The number of nitrogens with one attached hydrogen (secondary N) is 1. The number of aromatic carboxylic acids is 1. The van der Waals surface area contributed by atoms with E-state index in [1.165, 1.54) is 11.8 Å². The van der Waals surface area contributed by atoms with Crippen molar-refractivity contribution in [2.24, 2.45) is 5.92 Å². The molecule has 19 heavy (non-hydrogen) atoms. The van der Waals surface area contributed by atoms with E-state index in [4.69, 9.17) is 0 Å². The van der Waals surface area contributed by atoms with Gasteiger partial charge in [0.05, 0.1) is 11.3 Å². The second-order valence-electron chi connectivity index (χ2n) is 4.81. The summed E-state index contributed by atoms with van der Waals surface area (Å²) >= 11 is 1.43. The van der Waals surface area contributed by atoms with Crippen molar-refractivity contribution in [2.75, 3.05) is 18.2 Å². The molecular weight excluding hydrogens is 262 g/mol. The zero-order valence-electron chi connectivity index (χ0n) is 10.9. The molecule has 3 N–H and O–H groups in total. The van der Waals surface area contributed by atoms with Gasteiger partial charge in [0.15, 0.2) is 0 Å². The van der Waals surface area contributed by atoms with Crippen LogP contribution in [-0.4, -0.2) is 35.1 Å². The Balaban J connectivity index is 2.27. The maximum absolute atomic E-state index is 11.4. The van der Waals surface area contributed by atoms with Gasteiger partial charge in [0.1, 0.15) is 0 Å². The smallest absolute Gasteiger partial charge is 0.338 e. The number of rotatable bonds is 5. The van der Waals surface area contributed by atoms with Gasteiger partial charge < -0.3 is 15.5 Å². The molecular formula is C14H19NO3S. The maximum atomic E-state index is 11.4. The monoisotopic (exact) mass is 281 g/mol. The van der Waals surface area contributed by atoms with Crippen LogP contribution < -0.4 is 5.32 Å². The molecule has 1 fully saturated rings. The predicted molar refractivity (Wildman–Crippen MR) is 77.0 cm³/mol. The fourth-order valence-electron chi connectivity index (χ4n) is 2.69. The van der Waals surface area contributed by atoms with Crippen molar-refractivity contribution in [1.82, 2.24) is 0 Å². The molecule has 0 spiro atoms. The molecule has 0 heterocycles. The number of carboxylic acid groups (broad SMARTS) is 1. The van der Waals surface area contributed by atoms with Crippen molar-refractivity contribution in [3.05, 3.63) is 23.8 Å². The van der Waals surface area contributed by atoms with Gasteiger partial charge >= 0.3 is 5.97 Å². The summed E-state index contributed by atoms with van der Waals surface area (Å²) in [5, 5.41) is 22.0. The molecule has 1 aliphatic carbocycles. The van der Waals surface area contributed by atoms with Crippen molar-refractivity contribution < 1.29 is 15.0 Å². The number of thioether (sulfide) groups is 1. The van der Waals surface area contributed by atoms with Crippen LogP contribution in [0.5, 0.6) is 0 Å². The molecule has 2 atom stereocenters. The van der Waals surface area contributed by atoms with Crippen LogP contribution in [0.25, 0.3) is 0 Å². The molecule has 1 saturated carbocycles. The summed E-state index contributed by atoms with van der Waals surface area (Å²) in [5.74, 6) is -0.689. The number of benzene rings is 1. The van der Waals surface area contributed by atoms with Gasteiger partial charge in [-0.2, -0.15) is 0 Å². The van der Waals surface area contributed by atoms with Gasteiger partial charge in [-0.3, -0.25) is 0 Å². The molecule has 104 valence electrons. The first kappa shape index (κ1) is 14.2. The molecule has 2 unspecified atom stereocenters. The van der Waals surface area contributed by atoms with Crippen LogP contribution in [0.2, 0.25) is 0 Å². The largest absolute Gasteiger partial charge is 0.478 e. The SMILES string of the molecule is CSc1cccc(NC2CCCC2CO)c1C(=O)O. The van der Waals surface area contributed by atoms with Gasteiger partial charge in [0, 0.05) is 23.5 Å². The van der Waals surface area contributed by atoms with Crippen molar-refractivity contribution in [3.63, 3.8) is 0 Å². The number of carbonyl (C=O) groups is 1. The highest BCUT2D eigenvalue weighted by atomic mass is 32.2. The van der Waals surface area contributed by atoms with Crippen molar-refractivity contribution in [1.29, 1.82) is 0 Å². The van der Waals surface area contributed by atoms with Gasteiger partial charge in [-0.1, -0.05) is 12.5 Å². The van der Waals surface area contributed by atoms with Crippen molar-refractivity contribution >= 4 is 23.4 Å². The summed E-state index contributed by atoms with van der Waals surface area (Å²) in [6.07, 6.45) is 4.93. The molecule has 1 aliphatic rings. The lowest BCUT2D eigenvalue weighted by Gasteiger charge is -2.22. The Morgan fingerprint density at radius 1 is 1.47 bits per heavy atom. The zero-order valence-corrected chi connectivity index (χ0v) is 11.7. The molecule has 1 aromatic carbocycles. The summed E-state index contributed by atoms with van der Waals surface area (Å²) in [6.45, 7) is 0.155. The van der Waals surface area contributed by atoms with Crippen LogP contribution in [0.1, 0.15) is 29.6 Å². The lowest BCUT2D eigenvalue weighted by Crippen LogP contribution is -2.27. The Kier molecular flexibility index (Phi) is 4.71. The van der Waals surface area contributed by atoms with Crippen LogP contribution in [0.15, 0.2) is 23.1 Å². The van der Waals surface area contributed by atoms with E-state index in [-0.39, 0.29) is 18.6 Å². The Morgan fingerprint density at radius 3 is 2.89 bits per heavy atom. The fraction of sp³-hybridized carbons (Fsp3) is 0.500. The van der Waals surface area contributed by atoms with Gasteiger partial charge in [0.2, 0.25) is 0 Å². The predicted octanol–water partition coefficient (Wildman–Crippen LogP) is 2.68. The summed E-state index contributed by atoms with van der Waals surface area (Å²) < 4.78 is 0. The van der Waals surface area contributed by atoms with E-state index in [0.29, 0.717) is 11.3 Å². The number of anilines is 1. The highest BCUT2D eigenvalue weighted by Gasteiger charge is 2.28. The third-order valence-electron chi connectivity index (χ3n) is 3.69. The maximum Gasteiger partial charge on any atom is 0.338 e. The van der Waals surface area contributed by atoms with Crippen LogP contribution in [-0.2, 0) is 0 Å². The second-order valence-corrected chi connectivity index (χ2v) is 5.66. The summed E-state index contributed by atoms with van der Waals surface area (Å²) in [6, 6.07) is 5.65. The number of hydrogen-bond donors (Lipinski definition) is 3. The minimum Gasteiger partial charge on any atom is -0.478 e. The fourth-order valence-corrected chi connectivity index (χ4v) is 3.30. The van der Waals surface area contributed by atoms with Crippen molar-refractivity contribution in [2.45, 2.75) is 30.2 Å². The first-order valence-corrected chi connectivity index (χ1v) is 7.67. The van der Waals surface area contributed by atoms with Crippen LogP contribution in [0.3, 0.4) is 0 Å². The topological polar surface area (TPSA) is 69.6 Å². The van der Waals surface area contributed by atoms with Crippen LogP contribution in [0, 0.1) is 5.92 Å². The van der Waals surface area contributed by atoms with E-state index in [2.05, 4.69) is 5.32 Å². The van der Waals surface area contributed by atoms with E-state index in [1.807, 2.05) is 18.4 Å². The molecule has 0 aromatic heterocycles. The first-order valence-electron chi connectivity index (χ1n) is 6.45. The lowest BCUT2D eigenvalue weighted by molar-refractivity contribution is 0.0694. The first-order chi connectivity index (χ1) is 9.17. The van der Waals surface area contributed by atoms with E-state index >= 15 is 0 Å². The molecule has 0 saturated heterocycles. The summed E-state index contributed by atoms with van der Waals surface area (Å²) in [4.78, 5) is 12.2. The number of aliphatic hydroxyl groups is 1. The van der Waals surface area contributed by atoms with E-state index in [1.54, 1.807) is 6.07 Å². The lowest BCUT2D eigenvalue weighted by atomic mass is 10.0. The standard InChI is InChI=1S/C14H19NO3S/c1-19-12-7-3-6-11(13(12)14(17)18)15-10-5-2-4-9(10)8-16/h3,6-7,9-10,15-16H,2,4-5,8H2,1H3,(H,17,18). The average Bonchev–Trinajstić information content (AvgIpc) is 2.85. The molecule has 1 aromatic rings. The zero-order chi connectivity index (χ0) is 13.8. The van der Waals surface area contributed by atoms with E-state index in [9.17, 15) is 15.0 Å². The summed E-state index contributed by atoms with van der Waals surface area (Å²) in [7, 11) is 0. The van der Waals surface area contributed by atoms with Gasteiger partial charge in [0.25, 0.3) is 0 Å². The Labute approximate surface area is 117 Å². The van der Waals surface area contributed by atoms with E-state index in [0.717, 1.165) is 24.2 Å². The van der Waals surface area contributed by atoms with Crippen LogP contribution in [0.4, 0.5) is 5.69 Å². The number of hydrogen-bond acceptors (Lipinski definition) is 4. The average molecular weight is 281 g/mol. The van der Waals surface area contributed by atoms with Gasteiger partial charge in [-0.25, -0.2) is 4.79 Å². The number of carboxylic acids is 1.